The molecular formula is C48H64O11. The number of benzene rings is 2. The maximum absolute atomic E-state index is 14.1. The lowest BCUT2D eigenvalue weighted by molar-refractivity contribution is -0.286. The van der Waals surface area contributed by atoms with E-state index < -0.39 is 41.6 Å². The predicted molar refractivity (Wildman–Crippen MR) is 222 cm³/mol. The van der Waals surface area contributed by atoms with Gasteiger partial charge in [-0.1, -0.05) is 92.8 Å². The largest absolute Gasteiger partial charge is 0.497 e. The highest BCUT2D eigenvalue weighted by molar-refractivity contribution is 5.87. The quantitative estimate of drug-likeness (QED) is 0.0941. The highest BCUT2D eigenvalue weighted by Crippen LogP contribution is 2.44. The second-order valence-corrected chi connectivity index (χ2v) is 17.1. The molecular weight excluding hydrogens is 753 g/mol. The van der Waals surface area contributed by atoms with Crippen LogP contribution in [-0.4, -0.2) is 87.4 Å². The molecule has 3 saturated heterocycles. The summed E-state index contributed by atoms with van der Waals surface area (Å²) < 4.78 is 56.4. The zero-order chi connectivity index (χ0) is 42.0. The molecule has 0 amide bonds. The van der Waals surface area contributed by atoms with Gasteiger partial charge in [0.15, 0.2) is 5.78 Å². The third-order valence-electron chi connectivity index (χ3n) is 12.0. The molecule has 322 valence electrons. The molecule has 0 radical (unpaired) electrons. The van der Waals surface area contributed by atoms with Gasteiger partial charge in [-0.15, -0.1) is 0 Å². The summed E-state index contributed by atoms with van der Waals surface area (Å²) in [5.74, 6) is -1.42. The van der Waals surface area contributed by atoms with Gasteiger partial charge in [0.25, 0.3) is 0 Å². The number of cyclic esters (lactones) is 1. The number of fused-ring (bicyclic) bond motifs is 6. The van der Waals surface area contributed by atoms with E-state index in [2.05, 4.69) is 13.2 Å². The molecule has 0 saturated carbocycles. The van der Waals surface area contributed by atoms with Gasteiger partial charge in [0.1, 0.15) is 18.6 Å². The molecule has 59 heavy (non-hydrogen) atoms. The Kier molecular flexibility index (Phi) is 15.8. The average Bonchev–Trinajstić information content (AvgIpc) is 3.21. The fourth-order valence-corrected chi connectivity index (χ4v) is 8.76. The number of carbonyl (C=O) groups excluding carboxylic acids is 2. The number of hydrogen-bond acceptors (Lipinski definition) is 11. The molecule has 11 heteroatoms. The fraction of sp³-hybridized carbons (Fsp3) is 0.583. The molecule has 6 bridgehead atoms. The Labute approximate surface area is 350 Å². The second-order valence-electron chi connectivity index (χ2n) is 17.1. The van der Waals surface area contributed by atoms with Crippen LogP contribution in [0.2, 0.25) is 0 Å². The number of esters is 1. The van der Waals surface area contributed by atoms with E-state index in [9.17, 15) is 9.59 Å². The van der Waals surface area contributed by atoms with Gasteiger partial charge in [-0.05, 0) is 62.3 Å². The molecule has 0 aliphatic carbocycles. The van der Waals surface area contributed by atoms with Crippen molar-refractivity contribution >= 4 is 11.8 Å². The molecule has 9 atom stereocenters. The van der Waals surface area contributed by atoms with Gasteiger partial charge in [-0.2, -0.15) is 0 Å². The lowest BCUT2D eigenvalue weighted by Gasteiger charge is -2.47. The number of rotatable bonds is 11. The SMILES string of the molecule is C=C1C[C@@H]2C[C@@H]3CC(=C)C[C@H](C=CC(C)(C)[C@]4(OC)O[C@@H](CCC4=O)C[C@H]([C@@H](C)OCOCc4ccccc4)OC(=O)C[C@H](OCc4ccc(OC)cc4)C[C@H](C1)O2)O3. The number of ketones is 1. The van der Waals surface area contributed by atoms with Crippen LogP contribution in [0.1, 0.15) is 96.1 Å². The average molecular weight is 817 g/mol. The van der Waals surface area contributed by atoms with E-state index in [1.165, 1.54) is 7.11 Å². The first-order valence-corrected chi connectivity index (χ1v) is 21.1. The molecule has 0 unspecified atom stereocenters. The molecule has 0 aromatic heterocycles. The van der Waals surface area contributed by atoms with Crippen LogP contribution in [0.5, 0.6) is 5.75 Å². The van der Waals surface area contributed by atoms with Gasteiger partial charge < -0.3 is 42.6 Å². The monoisotopic (exact) mass is 816 g/mol. The minimum Gasteiger partial charge on any atom is -0.497 e. The van der Waals surface area contributed by atoms with Crippen LogP contribution in [0, 0.1) is 5.41 Å². The third-order valence-corrected chi connectivity index (χ3v) is 12.0. The van der Waals surface area contributed by atoms with Crippen LogP contribution in [0.15, 0.2) is 91.1 Å². The zero-order valence-electron chi connectivity index (χ0n) is 35.6. The normalized spacial score (nSPS) is 31.2. The van der Waals surface area contributed by atoms with Crippen LogP contribution < -0.4 is 4.74 Å². The molecule has 2 aromatic rings. The topological polar surface area (TPSA) is 117 Å². The standard InChI is InChI=1S/C48H64O11/c1-32-21-38-19-20-47(4,5)48(52-7)45(49)18-17-39(59-48)27-44(34(3)55-31-53-29-35-11-9-8-10-12-35)58-46(50)28-40(54-30-36-13-15-37(51-6)16-14-36)25-41-23-33(2)24-43(57-41)26-42(22-32)56-38/h8-16,19-20,34,38-44H,1-2,17-18,21-31H2,3-7H3/t34-,38+,39+,40-,41+,42+,43-,44-,48-/m1/s1. The van der Waals surface area contributed by atoms with Crippen molar-refractivity contribution < 1.29 is 52.2 Å². The van der Waals surface area contributed by atoms with Crippen molar-refractivity contribution in [3.8, 4) is 5.75 Å². The van der Waals surface area contributed by atoms with E-state index >= 15 is 0 Å². The Hall–Kier alpha value is -3.68. The highest BCUT2D eigenvalue weighted by atomic mass is 16.7. The van der Waals surface area contributed by atoms with Gasteiger partial charge in [0.2, 0.25) is 5.79 Å². The maximum Gasteiger partial charge on any atom is 0.308 e. The van der Waals surface area contributed by atoms with Crippen molar-refractivity contribution in [1.29, 1.82) is 0 Å². The summed E-state index contributed by atoms with van der Waals surface area (Å²) in [6.45, 7) is 15.1. The molecule has 6 rings (SSSR count). The van der Waals surface area contributed by atoms with Gasteiger partial charge in [-0.25, -0.2) is 0 Å². The Morgan fingerprint density at radius 3 is 2.19 bits per heavy atom. The summed E-state index contributed by atoms with van der Waals surface area (Å²) in [5.41, 5.74) is 3.27. The fourth-order valence-electron chi connectivity index (χ4n) is 8.76. The van der Waals surface area contributed by atoms with Crippen LogP contribution in [0.25, 0.3) is 0 Å². The van der Waals surface area contributed by atoms with E-state index in [-0.39, 0.29) is 62.9 Å². The summed E-state index contributed by atoms with van der Waals surface area (Å²) in [7, 11) is 3.14. The van der Waals surface area contributed by atoms with Crippen LogP contribution >= 0.6 is 0 Å². The lowest BCUT2D eigenvalue weighted by atomic mass is 9.76. The van der Waals surface area contributed by atoms with Crippen molar-refractivity contribution in [3.63, 3.8) is 0 Å². The predicted octanol–water partition coefficient (Wildman–Crippen LogP) is 8.53. The molecule has 4 aliphatic heterocycles. The van der Waals surface area contributed by atoms with Crippen LogP contribution in [0.3, 0.4) is 0 Å². The summed E-state index contributed by atoms with van der Waals surface area (Å²) in [6, 6.07) is 17.5. The van der Waals surface area contributed by atoms with E-state index in [0.29, 0.717) is 38.7 Å². The summed E-state index contributed by atoms with van der Waals surface area (Å²) >= 11 is 0. The molecule has 4 aliphatic rings. The first kappa shape index (κ1) is 44.9. The zero-order valence-corrected chi connectivity index (χ0v) is 35.6. The van der Waals surface area contributed by atoms with E-state index in [4.69, 9.17) is 42.6 Å². The van der Waals surface area contributed by atoms with E-state index in [1.807, 2.05) is 87.5 Å². The highest BCUT2D eigenvalue weighted by Gasteiger charge is 2.55. The Balaban J connectivity index is 1.27. The van der Waals surface area contributed by atoms with Gasteiger partial charge in [-0.3, -0.25) is 9.59 Å². The second kappa shape index (κ2) is 20.7. The maximum atomic E-state index is 14.1. The molecule has 0 N–H and O–H groups in total. The summed E-state index contributed by atoms with van der Waals surface area (Å²) in [5, 5.41) is 0. The van der Waals surface area contributed by atoms with Gasteiger partial charge >= 0.3 is 5.97 Å². The molecule has 4 heterocycles. The number of ether oxygens (including phenoxy) is 9. The first-order valence-electron chi connectivity index (χ1n) is 21.1. The van der Waals surface area contributed by atoms with Crippen LogP contribution in [0.4, 0.5) is 0 Å². The van der Waals surface area contributed by atoms with Gasteiger partial charge in [0, 0.05) is 38.2 Å². The van der Waals surface area contributed by atoms with Crippen molar-refractivity contribution in [3.05, 3.63) is 102 Å². The van der Waals surface area contributed by atoms with Crippen molar-refractivity contribution in [2.24, 2.45) is 5.41 Å². The smallest absolute Gasteiger partial charge is 0.308 e. The van der Waals surface area contributed by atoms with Gasteiger partial charge in [0.05, 0.1) is 69.5 Å². The Bertz CT molecular complexity index is 1740. The minimum absolute atomic E-state index is 0.0118. The molecule has 0 spiro atoms. The number of hydrogen-bond donors (Lipinski definition) is 0. The third kappa shape index (κ3) is 12.2. The van der Waals surface area contributed by atoms with E-state index in [1.54, 1.807) is 7.11 Å². The minimum atomic E-state index is -1.58. The molecule has 3 fully saturated rings. The van der Waals surface area contributed by atoms with Crippen molar-refractivity contribution in [2.45, 2.75) is 153 Å². The molecule has 2 aromatic carbocycles. The number of Topliss-reactive ketones (excluding diaryl/α,β-unsaturated/α-hetero) is 1. The van der Waals surface area contributed by atoms with Crippen molar-refractivity contribution in [1.82, 2.24) is 0 Å². The summed E-state index contributed by atoms with van der Waals surface area (Å²) in [6.07, 6.45) is 5.84. The first-order chi connectivity index (χ1) is 28.3. The summed E-state index contributed by atoms with van der Waals surface area (Å²) in [4.78, 5) is 28.0. The van der Waals surface area contributed by atoms with Crippen LogP contribution in [-0.2, 0) is 60.7 Å². The lowest BCUT2D eigenvalue weighted by Crippen LogP contribution is -2.59. The Morgan fingerprint density at radius 1 is 0.797 bits per heavy atom. The van der Waals surface area contributed by atoms with E-state index in [0.717, 1.165) is 40.9 Å². The number of methoxy groups -OCH3 is 2. The molecule has 11 nitrogen and oxygen atoms in total. The van der Waals surface area contributed by atoms with Crippen molar-refractivity contribution in [2.75, 3.05) is 21.0 Å². The number of carbonyl (C=O) groups is 2. The Morgan fingerprint density at radius 2 is 1.47 bits per heavy atom.